The van der Waals surface area contributed by atoms with Crippen LogP contribution in [0.2, 0.25) is 0 Å². The number of carbonyl (C=O) groups excluding carboxylic acids is 2. The molecule has 1 saturated heterocycles. The Balaban J connectivity index is 0.00000312. The summed E-state index contributed by atoms with van der Waals surface area (Å²) in [5.41, 5.74) is 6.67. The van der Waals surface area contributed by atoms with Gasteiger partial charge in [-0.25, -0.2) is 0 Å². The fourth-order valence-electron chi connectivity index (χ4n) is 2.79. The van der Waals surface area contributed by atoms with Crippen LogP contribution < -0.4 is 10.5 Å². The Labute approximate surface area is 155 Å². The van der Waals surface area contributed by atoms with E-state index >= 15 is 0 Å². The zero-order chi connectivity index (χ0) is 17.5. The summed E-state index contributed by atoms with van der Waals surface area (Å²) in [6, 6.07) is 7.78. The van der Waals surface area contributed by atoms with Crippen molar-refractivity contribution in [1.29, 1.82) is 0 Å². The van der Waals surface area contributed by atoms with Crippen LogP contribution in [0.1, 0.15) is 18.9 Å². The van der Waals surface area contributed by atoms with E-state index in [-0.39, 0.29) is 30.1 Å². The third kappa shape index (κ3) is 5.90. The van der Waals surface area contributed by atoms with Crippen LogP contribution in [0.4, 0.5) is 0 Å². The van der Waals surface area contributed by atoms with Crippen LogP contribution in [0.3, 0.4) is 0 Å². The van der Waals surface area contributed by atoms with Crippen molar-refractivity contribution in [3.63, 3.8) is 0 Å². The molecule has 6 nitrogen and oxygen atoms in total. The summed E-state index contributed by atoms with van der Waals surface area (Å²) in [5, 5.41) is 0. The molecule has 0 spiro atoms. The quantitative estimate of drug-likeness (QED) is 0.820. The molecule has 7 heteroatoms. The maximum Gasteiger partial charge on any atom is 0.226 e. The average molecular weight is 370 g/mol. The van der Waals surface area contributed by atoms with E-state index < -0.39 is 0 Å². The fourth-order valence-corrected chi connectivity index (χ4v) is 2.79. The van der Waals surface area contributed by atoms with Gasteiger partial charge < -0.3 is 20.3 Å². The van der Waals surface area contributed by atoms with Gasteiger partial charge in [-0.1, -0.05) is 19.1 Å². The molecule has 1 aromatic carbocycles. The lowest BCUT2D eigenvalue weighted by Crippen LogP contribution is -2.52. The van der Waals surface area contributed by atoms with Gasteiger partial charge in [-0.05, 0) is 24.1 Å². The molecule has 0 aromatic heterocycles. The maximum absolute atomic E-state index is 12.3. The van der Waals surface area contributed by atoms with Crippen LogP contribution in [0.15, 0.2) is 24.3 Å². The van der Waals surface area contributed by atoms with Crippen LogP contribution in [-0.4, -0.2) is 61.4 Å². The lowest BCUT2D eigenvalue weighted by Gasteiger charge is -2.36. The molecule has 1 heterocycles. The zero-order valence-corrected chi connectivity index (χ0v) is 15.8. The lowest BCUT2D eigenvalue weighted by atomic mass is 10.1. The molecule has 1 aromatic rings. The van der Waals surface area contributed by atoms with E-state index in [9.17, 15) is 9.59 Å². The molecule has 140 valence electrons. The van der Waals surface area contributed by atoms with Crippen molar-refractivity contribution in [2.75, 3.05) is 39.8 Å². The number of rotatable bonds is 6. The second-order valence-electron chi connectivity index (χ2n) is 6.19. The van der Waals surface area contributed by atoms with E-state index in [1.807, 2.05) is 41.0 Å². The number of carbonyl (C=O) groups is 2. The van der Waals surface area contributed by atoms with Crippen LogP contribution >= 0.6 is 12.4 Å². The monoisotopic (exact) mass is 369 g/mol. The second-order valence-corrected chi connectivity index (χ2v) is 6.19. The van der Waals surface area contributed by atoms with Gasteiger partial charge >= 0.3 is 0 Å². The van der Waals surface area contributed by atoms with Gasteiger partial charge in [0.1, 0.15) is 5.75 Å². The number of halogens is 1. The van der Waals surface area contributed by atoms with E-state index in [4.69, 9.17) is 10.5 Å². The van der Waals surface area contributed by atoms with Crippen LogP contribution in [-0.2, 0) is 16.0 Å². The van der Waals surface area contributed by atoms with E-state index in [0.717, 1.165) is 11.3 Å². The molecular formula is C18H28ClN3O3. The summed E-state index contributed by atoms with van der Waals surface area (Å²) in [4.78, 5) is 28.1. The number of piperazine rings is 1. The van der Waals surface area contributed by atoms with Gasteiger partial charge in [0, 0.05) is 45.1 Å². The van der Waals surface area contributed by atoms with Crippen molar-refractivity contribution in [3.05, 3.63) is 29.8 Å². The minimum atomic E-state index is -0.151. The van der Waals surface area contributed by atoms with Crippen LogP contribution in [0.5, 0.6) is 5.75 Å². The van der Waals surface area contributed by atoms with E-state index in [1.165, 1.54) is 0 Å². The number of amides is 2. The van der Waals surface area contributed by atoms with Crippen molar-refractivity contribution in [2.45, 2.75) is 19.8 Å². The molecule has 1 atom stereocenters. The van der Waals surface area contributed by atoms with Gasteiger partial charge in [0.05, 0.1) is 7.11 Å². The first-order chi connectivity index (χ1) is 11.5. The fraction of sp³-hybridized carbons (Fsp3) is 0.556. The molecule has 1 aliphatic rings. The Morgan fingerprint density at radius 3 is 2.20 bits per heavy atom. The SMILES string of the molecule is COc1ccc(CCC(=O)N2CCN(C(=O)C(C)CN)CC2)cc1.Cl. The number of nitrogens with zero attached hydrogens (tertiary/aromatic N) is 2. The van der Waals surface area contributed by atoms with Gasteiger partial charge in [0.15, 0.2) is 0 Å². The molecule has 2 N–H and O–H groups in total. The topological polar surface area (TPSA) is 75.9 Å². The Morgan fingerprint density at radius 1 is 1.12 bits per heavy atom. The Hall–Kier alpha value is -1.79. The van der Waals surface area contributed by atoms with E-state index in [2.05, 4.69) is 0 Å². The smallest absolute Gasteiger partial charge is 0.226 e. The number of methoxy groups -OCH3 is 1. The first kappa shape index (κ1) is 21.3. The predicted molar refractivity (Wildman–Crippen MR) is 99.9 cm³/mol. The first-order valence-electron chi connectivity index (χ1n) is 8.44. The molecule has 1 aliphatic heterocycles. The van der Waals surface area contributed by atoms with Crippen molar-refractivity contribution < 1.29 is 14.3 Å². The predicted octanol–water partition coefficient (Wildman–Crippen LogP) is 1.32. The van der Waals surface area contributed by atoms with Gasteiger partial charge in [0.2, 0.25) is 11.8 Å². The largest absolute Gasteiger partial charge is 0.497 e. The first-order valence-corrected chi connectivity index (χ1v) is 8.44. The van der Waals surface area contributed by atoms with Crippen molar-refractivity contribution in [1.82, 2.24) is 9.80 Å². The highest BCUT2D eigenvalue weighted by Crippen LogP contribution is 2.14. The Bertz CT molecular complexity index is 557. The molecule has 0 saturated carbocycles. The third-order valence-electron chi connectivity index (χ3n) is 4.51. The van der Waals surface area contributed by atoms with Crippen molar-refractivity contribution in [2.24, 2.45) is 11.7 Å². The van der Waals surface area contributed by atoms with Crippen LogP contribution in [0, 0.1) is 5.92 Å². The summed E-state index contributed by atoms with van der Waals surface area (Å²) in [5.74, 6) is 0.896. The molecule has 0 radical (unpaired) electrons. The number of benzene rings is 1. The summed E-state index contributed by atoms with van der Waals surface area (Å²) in [7, 11) is 1.64. The zero-order valence-electron chi connectivity index (χ0n) is 14.9. The maximum atomic E-state index is 12.3. The average Bonchev–Trinajstić information content (AvgIpc) is 2.65. The highest BCUT2D eigenvalue weighted by Gasteiger charge is 2.26. The van der Waals surface area contributed by atoms with E-state index in [0.29, 0.717) is 45.6 Å². The molecule has 1 fully saturated rings. The number of aryl methyl sites for hydroxylation is 1. The number of ether oxygens (including phenoxy) is 1. The normalized spacial score (nSPS) is 15.3. The summed E-state index contributed by atoms with van der Waals surface area (Å²) >= 11 is 0. The van der Waals surface area contributed by atoms with Crippen molar-refractivity contribution in [3.8, 4) is 5.75 Å². The number of hydrogen-bond acceptors (Lipinski definition) is 4. The highest BCUT2D eigenvalue weighted by molar-refractivity contribution is 5.85. The molecule has 0 aliphatic carbocycles. The minimum absolute atomic E-state index is 0. The molecule has 25 heavy (non-hydrogen) atoms. The number of nitrogens with two attached hydrogens (primary N) is 1. The molecule has 2 rings (SSSR count). The standard InChI is InChI=1S/C18H27N3O3.ClH/c1-14(13-19)18(23)21-11-9-20(10-12-21)17(22)8-5-15-3-6-16(24-2)7-4-15;/h3-4,6-7,14H,5,8-13,19H2,1-2H3;1H. The summed E-state index contributed by atoms with van der Waals surface area (Å²) in [6.45, 7) is 4.60. The third-order valence-corrected chi connectivity index (χ3v) is 4.51. The van der Waals surface area contributed by atoms with Gasteiger partial charge in [-0.15, -0.1) is 12.4 Å². The number of hydrogen-bond donors (Lipinski definition) is 1. The van der Waals surface area contributed by atoms with Crippen LogP contribution in [0.25, 0.3) is 0 Å². The Morgan fingerprint density at radius 2 is 1.68 bits per heavy atom. The van der Waals surface area contributed by atoms with Gasteiger partial charge in [-0.3, -0.25) is 9.59 Å². The van der Waals surface area contributed by atoms with Crippen molar-refractivity contribution >= 4 is 24.2 Å². The van der Waals surface area contributed by atoms with E-state index in [1.54, 1.807) is 7.11 Å². The lowest BCUT2D eigenvalue weighted by molar-refractivity contribution is -0.141. The van der Waals surface area contributed by atoms with Gasteiger partial charge in [0.25, 0.3) is 0 Å². The highest BCUT2D eigenvalue weighted by atomic mass is 35.5. The molecular weight excluding hydrogens is 342 g/mol. The molecule has 2 amide bonds. The Kier molecular flexibility index (Phi) is 8.72. The minimum Gasteiger partial charge on any atom is -0.497 e. The summed E-state index contributed by atoms with van der Waals surface area (Å²) < 4.78 is 5.13. The van der Waals surface area contributed by atoms with Gasteiger partial charge in [-0.2, -0.15) is 0 Å². The molecule has 0 bridgehead atoms. The summed E-state index contributed by atoms with van der Waals surface area (Å²) in [6.07, 6.45) is 1.20. The second kappa shape index (κ2) is 10.3. The molecule has 1 unspecified atom stereocenters.